The van der Waals surface area contributed by atoms with Gasteiger partial charge < -0.3 is 20.3 Å². The van der Waals surface area contributed by atoms with Crippen molar-refractivity contribution in [2.24, 2.45) is 0 Å². The lowest BCUT2D eigenvalue weighted by atomic mass is 10.2. The van der Waals surface area contributed by atoms with Crippen LogP contribution in [0.5, 0.6) is 11.6 Å². The van der Waals surface area contributed by atoms with Gasteiger partial charge in [-0.2, -0.15) is 13.2 Å². The predicted molar refractivity (Wildman–Crippen MR) is 109 cm³/mol. The maximum atomic E-state index is 12.9. The van der Waals surface area contributed by atoms with Crippen molar-refractivity contribution in [1.82, 2.24) is 4.98 Å². The standard InChI is InChI=1S/C21H19F3N4O2/c1-28(2)16-10-8-15(9-11-16)26-20(29)27-18-7-4-12-25-19(18)30-17-6-3-5-14(13-17)21(22,23)24/h3-13H,1-2H3,(H2,26,27,29). The first-order chi connectivity index (χ1) is 14.2. The van der Waals surface area contributed by atoms with Gasteiger partial charge in [-0.25, -0.2) is 9.78 Å². The van der Waals surface area contributed by atoms with Crippen LogP contribution in [0.2, 0.25) is 0 Å². The summed E-state index contributed by atoms with van der Waals surface area (Å²) in [5.41, 5.74) is 0.911. The van der Waals surface area contributed by atoms with Crippen LogP contribution >= 0.6 is 0 Å². The molecule has 0 aliphatic rings. The van der Waals surface area contributed by atoms with Crippen molar-refractivity contribution in [2.75, 3.05) is 29.6 Å². The summed E-state index contributed by atoms with van der Waals surface area (Å²) >= 11 is 0. The lowest BCUT2D eigenvalue weighted by Crippen LogP contribution is -2.20. The molecule has 0 atom stereocenters. The zero-order chi connectivity index (χ0) is 21.7. The molecular weight excluding hydrogens is 397 g/mol. The number of benzene rings is 2. The maximum Gasteiger partial charge on any atom is 0.416 e. The molecule has 0 spiro atoms. The molecule has 3 rings (SSSR count). The number of pyridine rings is 1. The third kappa shape index (κ3) is 5.40. The Morgan fingerprint density at radius 1 is 1.00 bits per heavy atom. The number of carbonyl (C=O) groups excluding carboxylic acids is 1. The molecule has 0 unspecified atom stereocenters. The van der Waals surface area contributed by atoms with Crippen LogP contribution in [0.15, 0.2) is 66.9 Å². The Kier molecular flexibility index (Phi) is 6.10. The minimum absolute atomic E-state index is 0.0325. The number of rotatable bonds is 5. The highest BCUT2D eigenvalue weighted by Gasteiger charge is 2.30. The first-order valence-electron chi connectivity index (χ1n) is 8.88. The molecule has 0 saturated heterocycles. The zero-order valence-corrected chi connectivity index (χ0v) is 16.2. The highest BCUT2D eigenvalue weighted by molar-refractivity contribution is 6.00. The van der Waals surface area contributed by atoms with Gasteiger partial charge in [0, 0.05) is 31.7 Å². The number of ether oxygens (including phenoxy) is 1. The molecule has 3 aromatic rings. The van der Waals surface area contributed by atoms with Gasteiger partial charge in [-0.3, -0.25) is 0 Å². The van der Waals surface area contributed by atoms with Crippen LogP contribution in [0.25, 0.3) is 0 Å². The van der Waals surface area contributed by atoms with Crippen LogP contribution in [0.4, 0.5) is 35.0 Å². The fourth-order valence-corrected chi connectivity index (χ4v) is 2.54. The number of nitrogens with zero attached hydrogens (tertiary/aromatic N) is 2. The van der Waals surface area contributed by atoms with Crippen molar-refractivity contribution in [2.45, 2.75) is 6.18 Å². The number of alkyl halides is 3. The fraction of sp³-hybridized carbons (Fsp3) is 0.143. The van der Waals surface area contributed by atoms with Gasteiger partial charge in [0.15, 0.2) is 0 Å². The third-order valence-corrected chi connectivity index (χ3v) is 4.04. The number of amides is 2. The summed E-state index contributed by atoms with van der Waals surface area (Å²) in [4.78, 5) is 18.3. The summed E-state index contributed by atoms with van der Waals surface area (Å²) in [7, 11) is 3.81. The summed E-state index contributed by atoms with van der Waals surface area (Å²) in [6, 6.07) is 14.2. The lowest BCUT2D eigenvalue weighted by molar-refractivity contribution is -0.137. The normalized spacial score (nSPS) is 11.0. The van der Waals surface area contributed by atoms with Crippen LogP contribution in [-0.4, -0.2) is 25.1 Å². The quantitative estimate of drug-likeness (QED) is 0.568. The largest absolute Gasteiger partial charge is 0.437 e. The maximum absolute atomic E-state index is 12.9. The lowest BCUT2D eigenvalue weighted by Gasteiger charge is -2.14. The molecule has 0 bridgehead atoms. The van der Waals surface area contributed by atoms with E-state index in [0.717, 1.165) is 17.8 Å². The molecule has 0 saturated carbocycles. The summed E-state index contributed by atoms with van der Waals surface area (Å²) < 4.78 is 44.2. The van der Waals surface area contributed by atoms with Gasteiger partial charge in [-0.1, -0.05) is 6.07 Å². The second kappa shape index (κ2) is 8.73. The SMILES string of the molecule is CN(C)c1ccc(NC(=O)Nc2cccnc2Oc2cccc(C(F)(F)F)c2)cc1. The smallest absolute Gasteiger partial charge is 0.416 e. The van der Waals surface area contributed by atoms with Crippen LogP contribution in [0, 0.1) is 0 Å². The highest BCUT2D eigenvalue weighted by atomic mass is 19.4. The molecule has 6 nitrogen and oxygen atoms in total. The number of nitrogens with one attached hydrogen (secondary N) is 2. The summed E-state index contributed by atoms with van der Waals surface area (Å²) in [5, 5.41) is 5.27. The Bertz CT molecular complexity index is 1020. The molecule has 1 aromatic heterocycles. The van der Waals surface area contributed by atoms with E-state index < -0.39 is 17.8 Å². The molecular formula is C21H19F3N4O2. The zero-order valence-electron chi connectivity index (χ0n) is 16.2. The van der Waals surface area contributed by atoms with E-state index >= 15 is 0 Å². The molecule has 0 radical (unpaired) electrons. The highest BCUT2D eigenvalue weighted by Crippen LogP contribution is 2.33. The summed E-state index contributed by atoms with van der Waals surface area (Å²) in [5.74, 6) is -0.0822. The molecule has 2 aromatic carbocycles. The Labute approximate surface area is 171 Å². The molecule has 2 N–H and O–H groups in total. The van der Waals surface area contributed by atoms with Gasteiger partial charge in [-0.15, -0.1) is 0 Å². The van der Waals surface area contributed by atoms with Crippen LogP contribution in [0.3, 0.4) is 0 Å². The molecule has 9 heteroatoms. The molecule has 156 valence electrons. The monoisotopic (exact) mass is 416 g/mol. The van der Waals surface area contributed by atoms with Crippen LogP contribution in [0.1, 0.15) is 5.56 Å². The second-order valence-corrected chi connectivity index (χ2v) is 6.50. The van der Waals surface area contributed by atoms with E-state index in [1.54, 1.807) is 18.2 Å². The van der Waals surface area contributed by atoms with Crippen molar-refractivity contribution in [3.8, 4) is 11.6 Å². The van der Waals surface area contributed by atoms with Crippen molar-refractivity contribution in [3.63, 3.8) is 0 Å². The van der Waals surface area contributed by atoms with Crippen molar-refractivity contribution in [1.29, 1.82) is 0 Å². The number of hydrogen-bond acceptors (Lipinski definition) is 4. The number of carbonyl (C=O) groups is 1. The second-order valence-electron chi connectivity index (χ2n) is 6.50. The van der Waals surface area contributed by atoms with E-state index in [0.29, 0.717) is 5.69 Å². The van der Waals surface area contributed by atoms with Gasteiger partial charge in [0.25, 0.3) is 0 Å². The Balaban J connectivity index is 1.71. The van der Waals surface area contributed by atoms with Gasteiger partial charge in [-0.05, 0) is 54.6 Å². The number of anilines is 3. The number of aromatic nitrogens is 1. The topological polar surface area (TPSA) is 66.5 Å². The summed E-state index contributed by atoms with van der Waals surface area (Å²) in [6.45, 7) is 0. The Morgan fingerprint density at radius 2 is 1.73 bits per heavy atom. The molecule has 30 heavy (non-hydrogen) atoms. The number of halogens is 3. The third-order valence-electron chi connectivity index (χ3n) is 4.04. The number of hydrogen-bond donors (Lipinski definition) is 2. The molecule has 0 fully saturated rings. The van der Waals surface area contributed by atoms with Gasteiger partial charge in [0.2, 0.25) is 5.88 Å². The first-order valence-corrected chi connectivity index (χ1v) is 8.88. The Morgan fingerprint density at radius 3 is 2.40 bits per heavy atom. The van der Waals surface area contributed by atoms with Crippen LogP contribution in [-0.2, 0) is 6.18 Å². The average molecular weight is 416 g/mol. The fourth-order valence-electron chi connectivity index (χ4n) is 2.54. The van der Waals surface area contributed by atoms with Crippen LogP contribution < -0.4 is 20.3 Å². The van der Waals surface area contributed by atoms with Gasteiger partial charge in [0.1, 0.15) is 11.4 Å². The molecule has 0 aliphatic carbocycles. The molecule has 1 heterocycles. The Hall–Kier alpha value is -3.75. The summed E-state index contributed by atoms with van der Waals surface area (Å²) in [6.07, 6.45) is -3.08. The predicted octanol–water partition coefficient (Wildman–Crippen LogP) is 5.60. The first kappa shape index (κ1) is 21.0. The molecule has 2 amide bonds. The molecule has 0 aliphatic heterocycles. The van der Waals surface area contributed by atoms with E-state index in [-0.39, 0.29) is 17.3 Å². The van der Waals surface area contributed by atoms with E-state index in [1.165, 1.54) is 24.4 Å². The minimum Gasteiger partial charge on any atom is -0.437 e. The van der Waals surface area contributed by atoms with Gasteiger partial charge in [0.05, 0.1) is 5.56 Å². The number of urea groups is 1. The van der Waals surface area contributed by atoms with E-state index in [2.05, 4.69) is 15.6 Å². The van der Waals surface area contributed by atoms with E-state index in [4.69, 9.17) is 4.74 Å². The van der Waals surface area contributed by atoms with Crippen molar-refractivity contribution in [3.05, 3.63) is 72.4 Å². The van der Waals surface area contributed by atoms with Crippen molar-refractivity contribution >= 4 is 23.1 Å². The van der Waals surface area contributed by atoms with E-state index in [1.807, 2.05) is 31.1 Å². The van der Waals surface area contributed by atoms with E-state index in [9.17, 15) is 18.0 Å². The van der Waals surface area contributed by atoms with Crippen molar-refractivity contribution < 1.29 is 22.7 Å². The average Bonchev–Trinajstić information content (AvgIpc) is 2.69. The minimum atomic E-state index is -4.49. The van der Waals surface area contributed by atoms with Gasteiger partial charge >= 0.3 is 12.2 Å².